The van der Waals surface area contributed by atoms with Crippen LogP contribution in [0, 0.1) is 0 Å². The molecule has 7 heteroatoms. The Bertz CT molecular complexity index is 621. The molecule has 0 unspecified atom stereocenters. The van der Waals surface area contributed by atoms with E-state index in [1.807, 2.05) is 12.1 Å². The van der Waals surface area contributed by atoms with Gasteiger partial charge in [-0.2, -0.15) is 0 Å². The minimum Gasteiger partial charge on any atom is -0.468 e. The highest BCUT2D eigenvalue weighted by Crippen LogP contribution is 2.31. The Labute approximate surface area is 111 Å². The Balaban J connectivity index is 2.10. The summed E-state index contributed by atoms with van der Waals surface area (Å²) in [5.41, 5.74) is -0.170. The normalized spacial score (nSPS) is 17.4. The molecule has 3 rings (SSSR count). The maximum atomic E-state index is 11.9. The Hall–Kier alpha value is -1.47. The lowest BCUT2D eigenvalue weighted by Gasteiger charge is -2.35. The highest BCUT2D eigenvalue weighted by molar-refractivity contribution is 9.10. The number of hydrogen-bond acceptors (Lipinski definition) is 5. The van der Waals surface area contributed by atoms with Crippen molar-refractivity contribution >= 4 is 27.5 Å². The fourth-order valence-electron chi connectivity index (χ4n) is 1.90. The molecule has 1 fully saturated rings. The lowest BCUT2D eigenvalue weighted by atomic mass is 9.85. The summed E-state index contributed by atoms with van der Waals surface area (Å²) in [6.07, 6.45) is 1.79. The minimum atomic E-state index is -0.854. The Morgan fingerprint density at radius 2 is 2.33 bits per heavy atom. The van der Waals surface area contributed by atoms with E-state index in [0.717, 1.165) is 4.47 Å². The minimum absolute atomic E-state index is 0.262. The molecule has 1 aliphatic rings. The molecular weight excluding hydrogens is 302 g/mol. The third-order valence-corrected chi connectivity index (χ3v) is 3.47. The van der Waals surface area contributed by atoms with Gasteiger partial charge in [0, 0.05) is 10.7 Å². The molecule has 94 valence electrons. The van der Waals surface area contributed by atoms with Gasteiger partial charge in [-0.3, -0.25) is 4.79 Å². The quantitative estimate of drug-likeness (QED) is 0.772. The van der Waals surface area contributed by atoms with E-state index in [-0.39, 0.29) is 19.2 Å². The van der Waals surface area contributed by atoms with Crippen molar-refractivity contribution in [1.82, 2.24) is 14.6 Å². The van der Waals surface area contributed by atoms with Crippen LogP contribution in [0.4, 0.5) is 0 Å². The van der Waals surface area contributed by atoms with Gasteiger partial charge >= 0.3 is 5.97 Å². The number of carbonyl (C=O) groups excluding carboxylic acids is 1. The van der Waals surface area contributed by atoms with E-state index in [2.05, 4.69) is 26.0 Å². The Morgan fingerprint density at radius 1 is 1.56 bits per heavy atom. The number of nitrogens with zero attached hydrogens (tertiary/aromatic N) is 3. The first-order valence-corrected chi connectivity index (χ1v) is 6.13. The van der Waals surface area contributed by atoms with Gasteiger partial charge in [0.05, 0.1) is 20.3 Å². The summed E-state index contributed by atoms with van der Waals surface area (Å²) in [6, 6.07) is 3.70. The van der Waals surface area contributed by atoms with Crippen LogP contribution in [0.15, 0.2) is 22.8 Å². The van der Waals surface area contributed by atoms with Crippen molar-refractivity contribution in [2.75, 3.05) is 20.3 Å². The molecule has 0 saturated carbocycles. The second kappa shape index (κ2) is 4.03. The summed E-state index contributed by atoms with van der Waals surface area (Å²) in [5, 5.41) is 4.33. The van der Waals surface area contributed by atoms with Crippen molar-refractivity contribution in [2.24, 2.45) is 0 Å². The zero-order chi connectivity index (χ0) is 12.8. The van der Waals surface area contributed by atoms with Gasteiger partial charge in [0.1, 0.15) is 0 Å². The first-order valence-electron chi connectivity index (χ1n) is 5.34. The van der Waals surface area contributed by atoms with E-state index < -0.39 is 5.41 Å². The van der Waals surface area contributed by atoms with Crippen LogP contribution in [0.2, 0.25) is 0 Å². The number of rotatable bonds is 2. The molecule has 2 aromatic heterocycles. The molecule has 0 atom stereocenters. The molecule has 0 aliphatic carbocycles. The van der Waals surface area contributed by atoms with Crippen LogP contribution in [0.5, 0.6) is 0 Å². The number of pyridine rings is 1. The largest absolute Gasteiger partial charge is 0.468 e. The number of fused-ring (bicyclic) bond motifs is 1. The lowest BCUT2D eigenvalue weighted by molar-refractivity contribution is -0.167. The zero-order valence-corrected chi connectivity index (χ0v) is 11.2. The van der Waals surface area contributed by atoms with Crippen LogP contribution in [0.1, 0.15) is 5.82 Å². The molecular formula is C11H10BrN3O3. The Morgan fingerprint density at radius 3 is 2.94 bits per heavy atom. The van der Waals surface area contributed by atoms with E-state index >= 15 is 0 Å². The summed E-state index contributed by atoms with van der Waals surface area (Å²) < 4.78 is 12.5. The van der Waals surface area contributed by atoms with Crippen molar-refractivity contribution < 1.29 is 14.3 Å². The molecule has 0 N–H and O–H groups in total. The monoisotopic (exact) mass is 311 g/mol. The molecule has 18 heavy (non-hydrogen) atoms. The van der Waals surface area contributed by atoms with Crippen LogP contribution in [-0.4, -0.2) is 40.9 Å². The molecule has 3 heterocycles. The van der Waals surface area contributed by atoms with E-state index in [0.29, 0.717) is 11.5 Å². The molecule has 0 bridgehead atoms. The van der Waals surface area contributed by atoms with Gasteiger partial charge in [0.25, 0.3) is 0 Å². The fraction of sp³-hybridized carbons (Fsp3) is 0.364. The van der Waals surface area contributed by atoms with Gasteiger partial charge in [-0.25, -0.2) is 9.50 Å². The van der Waals surface area contributed by atoms with E-state index in [4.69, 9.17) is 9.47 Å². The van der Waals surface area contributed by atoms with E-state index in [1.165, 1.54) is 7.11 Å². The average molecular weight is 312 g/mol. The number of hydrogen-bond donors (Lipinski definition) is 0. The fourth-order valence-corrected chi connectivity index (χ4v) is 2.23. The molecule has 1 saturated heterocycles. The van der Waals surface area contributed by atoms with Crippen LogP contribution >= 0.6 is 15.9 Å². The van der Waals surface area contributed by atoms with Crippen LogP contribution in [0.25, 0.3) is 5.65 Å². The van der Waals surface area contributed by atoms with Crippen LogP contribution < -0.4 is 0 Å². The van der Waals surface area contributed by atoms with E-state index in [1.54, 1.807) is 10.7 Å². The van der Waals surface area contributed by atoms with Crippen molar-refractivity contribution in [3.8, 4) is 0 Å². The zero-order valence-electron chi connectivity index (χ0n) is 9.59. The molecule has 2 aromatic rings. The summed E-state index contributed by atoms with van der Waals surface area (Å²) in [7, 11) is 1.36. The third-order valence-electron chi connectivity index (χ3n) is 3.00. The van der Waals surface area contributed by atoms with Gasteiger partial charge < -0.3 is 9.47 Å². The SMILES string of the molecule is COC(=O)C1(c2nc3ccc(Br)cn3n2)COC1. The summed E-state index contributed by atoms with van der Waals surface area (Å²) in [6.45, 7) is 0.523. The van der Waals surface area contributed by atoms with Crippen LogP contribution in [-0.2, 0) is 19.7 Å². The van der Waals surface area contributed by atoms with Crippen molar-refractivity contribution in [3.05, 3.63) is 28.6 Å². The summed E-state index contributed by atoms with van der Waals surface area (Å²) in [5.74, 6) is 0.0856. The first kappa shape index (κ1) is 11.6. The molecule has 1 aliphatic heterocycles. The molecule has 0 aromatic carbocycles. The van der Waals surface area contributed by atoms with Gasteiger partial charge in [0.15, 0.2) is 16.9 Å². The lowest BCUT2D eigenvalue weighted by Crippen LogP contribution is -2.54. The topological polar surface area (TPSA) is 65.7 Å². The second-order valence-corrected chi connectivity index (χ2v) is 5.07. The molecule has 6 nitrogen and oxygen atoms in total. The van der Waals surface area contributed by atoms with Gasteiger partial charge in [-0.1, -0.05) is 0 Å². The smallest absolute Gasteiger partial charge is 0.324 e. The number of methoxy groups -OCH3 is 1. The first-order chi connectivity index (χ1) is 8.65. The van der Waals surface area contributed by atoms with E-state index in [9.17, 15) is 4.79 Å². The molecule has 0 amide bonds. The van der Waals surface area contributed by atoms with Crippen molar-refractivity contribution in [1.29, 1.82) is 0 Å². The number of aromatic nitrogens is 3. The van der Waals surface area contributed by atoms with Gasteiger partial charge in [0.2, 0.25) is 0 Å². The van der Waals surface area contributed by atoms with Crippen molar-refractivity contribution in [3.63, 3.8) is 0 Å². The Kier molecular flexibility index (Phi) is 2.60. The van der Waals surface area contributed by atoms with Crippen molar-refractivity contribution in [2.45, 2.75) is 5.41 Å². The maximum absolute atomic E-state index is 11.9. The van der Waals surface area contributed by atoms with Gasteiger partial charge in [-0.05, 0) is 28.1 Å². The number of carbonyl (C=O) groups is 1. The highest BCUT2D eigenvalue weighted by Gasteiger charge is 2.52. The van der Waals surface area contributed by atoms with Crippen LogP contribution in [0.3, 0.4) is 0 Å². The highest BCUT2D eigenvalue weighted by atomic mass is 79.9. The predicted molar refractivity (Wildman–Crippen MR) is 65.2 cm³/mol. The molecule has 0 radical (unpaired) electrons. The predicted octanol–water partition coefficient (Wildman–Crippen LogP) is 0.933. The summed E-state index contributed by atoms with van der Waals surface area (Å²) >= 11 is 3.36. The van der Waals surface area contributed by atoms with Gasteiger partial charge in [-0.15, -0.1) is 5.10 Å². The number of ether oxygens (including phenoxy) is 2. The standard InChI is InChI=1S/C11H10BrN3O3/c1-17-10(16)11(5-18-6-11)9-13-8-3-2-7(12)4-15(8)14-9/h2-4H,5-6H2,1H3. The summed E-state index contributed by atoms with van der Waals surface area (Å²) in [4.78, 5) is 16.2. The molecule has 0 spiro atoms. The number of halogens is 1. The average Bonchev–Trinajstić information content (AvgIpc) is 2.70. The maximum Gasteiger partial charge on any atom is 0.324 e. The second-order valence-electron chi connectivity index (χ2n) is 4.15. The third kappa shape index (κ3) is 1.54. The number of esters is 1.